The molecule has 0 saturated carbocycles. The Morgan fingerprint density at radius 2 is 2.20 bits per heavy atom. The number of thiophene rings is 1. The number of anilines is 1. The zero-order valence-corrected chi connectivity index (χ0v) is 11.4. The predicted molar refractivity (Wildman–Crippen MR) is 77.3 cm³/mol. The number of aliphatic hydroxyl groups excluding tert-OH is 1. The van der Waals surface area contributed by atoms with Gasteiger partial charge in [0.2, 0.25) is 11.7 Å². The van der Waals surface area contributed by atoms with E-state index < -0.39 is 0 Å². The summed E-state index contributed by atoms with van der Waals surface area (Å²) in [4.78, 5) is 5.32. The van der Waals surface area contributed by atoms with Crippen LogP contribution in [0, 0.1) is 0 Å². The predicted octanol–water partition coefficient (Wildman–Crippen LogP) is 2.90. The molecule has 0 fully saturated rings. The molecule has 0 atom stereocenters. The molecule has 3 rings (SSSR count). The molecule has 2 N–H and O–H groups in total. The summed E-state index contributed by atoms with van der Waals surface area (Å²) >= 11 is 1.58. The highest BCUT2D eigenvalue weighted by atomic mass is 32.1. The van der Waals surface area contributed by atoms with Crippen LogP contribution in [0.3, 0.4) is 0 Å². The van der Waals surface area contributed by atoms with Gasteiger partial charge in [-0.3, -0.25) is 0 Å². The second-order valence-electron chi connectivity index (χ2n) is 4.20. The van der Waals surface area contributed by atoms with Gasteiger partial charge in [-0.15, -0.1) is 11.3 Å². The van der Waals surface area contributed by atoms with Crippen LogP contribution in [-0.2, 0) is 13.2 Å². The Kier molecular flexibility index (Phi) is 3.76. The van der Waals surface area contributed by atoms with E-state index >= 15 is 0 Å². The fourth-order valence-corrected chi connectivity index (χ4v) is 2.44. The Morgan fingerprint density at radius 3 is 3.00 bits per heavy atom. The summed E-state index contributed by atoms with van der Waals surface area (Å²) in [6.07, 6.45) is 0. The summed E-state index contributed by atoms with van der Waals surface area (Å²) < 4.78 is 5.20. The van der Waals surface area contributed by atoms with E-state index in [1.807, 2.05) is 41.8 Å². The minimum atomic E-state index is 0.0264. The highest BCUT2D eigenvalue weighted by Crippen LogP contribution is 2.21. The SMILES string of the molecule is OCc1cccc(NCc2nc(-c3cccs3)no2)c1. The topological polar surface area (TPSA) is 71.2 Å². The van der Waals surface area contributed by atoms with Crippen molar-refractivity contribution in [1.29, 1.82) is 0 Å². The van der Waals surface area contributed by atoms with E-state index in [2.05, 4.69) is 15.5 Å². The Labute approximate surface area is 119 Å². The van der Waals surface area contributed by atoms with Crippen LogP contribution in [0.4, 0.5) is 5.69 Å². The molecule has 2 aromatic heterocycles. The lowest BCUT2D eigenvalue weighted by atomic mass is 10.2. The zero-order chi connectivity index (χ0) is 13.8. The molecule has 0 saturated heterocycles. The molecule has 0 bridgehead atoms. The van der Waals surface area contributed by atoms with Gasteiger partial charge in [-0.05, 0) is 29.1 Å². The van der Waals surface area contributed by atoms with Crippen LogP contribution in [0.2, 0.25) is 0 Å². The maximum Gasteiger partial charge on any atom is 0.246 e. The first-order valence-electron chi connectivity index (χ1n) is 6.15. The van der Waals surface area contributed by atoms with E-state index in [0.29, 0.717) is 18.3 Å². The van der Waals surface area contributed by atoms with Crippen LogP contribution in [0.1, 0.15) is 11.5 Å². The molecule has 5 nitrogen and oxygen atoms in total. The average molecular weight is 287 g/mol. The largest absolute Gasteiger partial charge is 0.392 e. The molecule has 0 amide bonds. The Hall–Kier alpha value is -2.18. The van der Waals surface area contributed by atoms with Gasteiger partial charge in [-0.1, -0.05) is 23.4 Å². The summed E-state index contributed by atoms with van der Waals surface area (Å²) in [5, 5.41) is 18.2. The van der Waals surface area contributed by atoms with Gasteiger partial charge < -0.3 is 14.9 Å². The maximum absolute atomic E-state index is 9.09. The fourth-order valence-electron chi connectivity index (χ4n) is 1.79. The zero-order valence-electron chi connectivity index (χ0n) is 10.6. The number of nitrogens with zero attached hydrogens (tertiary/aromatic N) is 2. The summed E-state index contributed by atoms with van der Waals surface area (Å²) in [6.45, 7) is 0.478. The number of hydrogen-bond donors (Lipinski definition) is 2. The number of aliphatic hydroxyl groups is 1. The first kappa shape index (κ1) is 12.8. The van der Waals surface area contributed by atoms with Gasteiger partial charge in [0.1, 0.15) is 0 Å². The van der Waals surface area contributed by atoms with E-state index in [-0.39, 0.29) is 6.61 Å². The number of hydrogen-bond acceptors (Lipinski definition) is 6. The van der Waals surface area contributed by atoms with E-state index in [1.54, 1.807) is 11.3 Å². The first-order valence-corrected chi connectivity index (χ1v) is 7.03. The third-order valence-corrected chi connectivity index (χ3v) is 3.63. The summed E-state index contributed by atoms with van der Waals surface area (Å²) in [5.41, 5.74) is 1.77. The van der Waals surface area contributed by atoms with Crippen molar-refractivity contribution in [3.63, 3.8) is 0 Å². The van der Waals surface area contributed by atoms with Gasteiger partial charge in [0.15, 0.2) is 0 Å². The second kappa shape index (κ2) is 5.85. The van der Waals surface area contributed by atoms with Gasteiger partial charge in [-0.25, -0.2) is 0 Å². The van der Waals surface area contributed by atoms with E-state index in [4.69, 9.17) is 9.63 Å². The standard InChI is InChI=1S/C14H13N3O2S/c18-9-10-3-1-4-11(7-10)15-8-13-16-14(17-19-13)12-5-2-6-20-12/h1-7,15,18H,8-9H2. The van der Waals surface area contributed by atoms with Crippen molar-refractivity contribution in [2.45, 2.75) is 13.2 Å². The van der Waals surface area contributed by atoms with Crippen molar-refractivity contribution in [3.8, 4) is 10.7 Å². The molecule has 102 valence electrons. The van der Waals surface area contributed by atoms with Crippen LogP contribution < -0.4 is 5.32 Å². The molecular weight excluding hydrogens is 274 g/mol. The van der Waals surface area contributed by atoms with Crippen LogP contribution in [0.5, 0.6) is 0 Å². The Balaban J connectivity index is 1.66. The lowest BCUT2D eigenvalue weighted by Crippen LogP contribution is -2.00. The summed E-state index contributed by atoms with van der Waals surface area (Å²) in [6, 6.07) is 11.5. The molecule has 0 unspecified atom stereocenters. The molecule has 20 heavy (non-hydrogen) atoms. The van der Waals surface area contributed by atoms with E-state index in [0.717, 1.165) is 16.1 Å². The highest BCUT2D eigenvalue weighted by molar-refractivity contribution is 7.13. The number of rotatable bonds is 5. The fraction of sp³-hybridized carbons (Fsp3) is 0.143. The van der Waals surface area contributed by atoms with Crippen molar-refractivity contribution in [2.24, 2.45) is 0 Å². The highest BCUT2D eigenvalue weighted by Gasteiger charge is 2.08. The lowest BCUT2D eigenvalue weighted by molar-refractivity contribution is 0.282. The number of benzene rings is 1. The van der Waals surface area contributed by atoms with Crippen LogP contribution >= 0.6 is 11.3 Å². The number of nitrogens with one attached hydrogen (secondary N) is 1. The van der Waals surface area contributed by atoms with Gasteiger partial charge in [0.25, 0.3) is 0 Å². The van der Waals surface area contributed by atoms with Crippen molar-refractivity contribution >= 4 is 17.0 Å². The monoisotopic (exact) mass is 287 g/mol. The molecule has 0 radical (unpaired) electrons. The van der Waals surface area contributed by atoms with Gasteiger partial charge in [0.05, 0.1) is 18.0 Å². The summed E-state index contributed by atoms with van der Waals surface area (Å²) in [5.74, 6) is 1.14. The van der Waals surface area contributed by atoms with Gasteiger partial charge in [-0.2, -0.15) is 4.98 Å². The van der Waals surface area contributed by atoms with Crippen LogP contribution in [0.25, 0.3) is 10.7 Å². The molecule has 6 heteroatoms. The maximum atomic E-state index is 9.09. The molecule has 3 aromatic rings. The molecule has 1 aromatic carbocycles. The first-order chi connectivity index (χ1) is 9.85. The van der Waals surface area contributed by atoms with E-state index in [1.165, 1.54) is 0 Å². The molecule has 0 spiro atoms. The van der Waals surface area contributed by atoms with Crippen molar-refractivity contribution in [1.82, 2.24) is 10.1 Å². The molecule has 0 aliphatic rings. The Morgan fingerprint density at radius 1 is 1.25 bits per heavy atom. The van der Waals surface area contributed by atoms with Crippen molar-refractivity contribution in [2.75, 3.05) is 5.32 Å². The minimum Gasteiger partial charge on any atom is -0.392 e. The van der Waals surface area contributed by atoms with Crippen molar-refractivity contribution in [3.05, 3.63) is 53.2 Å². The molecule has 0 aliphatic heterocycles. The third-order valence-electron chi connectivity index (χ3n) is 2.76. The van der Waals surface area contributed by atoms with Crippen LogP contribution in [0.15, 0.2) is 46.3 Å². The molecule has 0 aliphatic carbocycles. The Bertz CT molecular complexity index is 679. The average Bonchev–Trinajstić information content (AvgIpc) is 3.16. The van der Waals surface area contributed by atoms with Gasteiger partial charge >= 0.3 is 0 Å². The smallest absolute Gasteiger partial charge is 0.246 e. The van der Waals surface area contributed by atoms with Gasteiger partial charge in [0, 0.05) is 5.69 Å². The number of aromatic nitrogens is 2. The van der Waals surface area contributed by atoms with Crippen molar-refractivity contribution < 1.29 is 9.63 Å². The third kappa shape index (κ3) is 2.87. The molecular formula is C14H13N3O2S. The minimum absolute atomic E-state index is 0.0264. The van der Waals surface area contributed by atoms with E-state index in [9.17, 15) is 0 Å². The lowest BCUT2D eigenvalue weighted by Gasteiger charge is -2.04. The summed E-state index contributed by atoms with van der Waals surface area (Å²) in [7, 11) is 0. The quantitative estimate of drug-likeness (QED) is 0.755. The molecule has 2 heterocycles. The second-order valence-corrected chi connectivity index (χ2v) is 5.15. The normalized spacial score (nSPS) is 10.7. The van der Waals surface area contributed by atoms with Crippen LogP contribution in [-0.4, -0.2) is 15.2 Å².